The number of rotatable bonds is 7. The van der Waals surface area contributed by atoms with Crippen LogP contribution in [0, 0.1) is 5.92 Å². The number of alkyl halides is 3. The summed E-state index contributed by atoms with van der Waals surface area (Å²) in [5, 5.41) is 3.43. The monoisotopic (exact) mass is 491 g/mol. The Morgan fingerprint density at radius 1 is 1.20 bits per heavy atom. The van der Waals surface area contributed by atoms with Gasteiger partial charge in [-0.25, -0.2) is 9.97 Å². The first-order valence-electron chi connectivity index (χ1n) is 12.7. The third-order valence-electron chi connectivity index (χ3n) is 7.88. The molecule has 192 valence electrons. The van der Waals surface area contributed by atoms with E-state index in [1.165, 1.54) is 12.4 Å². The standard InChI is InChI=1S/C26H36F3N5O/c1-5-6-17-13-19(33(4)16(2)3)8-10-23(17)34-12-11-22(25(34)35)32-24-20-14-18(26(27,28)29)7-9-21(20)30-15-31-24/h7,9,14-17,19,22-23H,5-6,8,10-13H2,1-4H3,(H,30,31,32)/t17-,19+,22-,23-/m0/s1. The highest BCUT2D eigenvalue weighted by atomic mass is 19.4. The fraction of sp³-hybridized carbons (Fsp3) is 0.654. The number of aromatic nitrogens is 2. The normalized spacial score (nSPS) is 25.7. The summed E-state index contributed by atoms with van der Waals surface area (Å²) >= 11 is 0. The molecule has 2 fully saturated rings. The molecule has 1 aromatic heterocycles. The third-order valence-corrected chi connectivity index (χ3v) is 7.88. The number of likely N-dealkylation sites (tertiary alicyclic amines) is 1. The van der Waals surface area contributed by atoms with Gasteiger partial charge in [-0.05, 0) is 77.1 Å². The number of carbonyl (C=O) groups is 1. The van der Waals surface area contributed by atoms with Crippen LogP contribution in [0.25, 0.3) is 10.9 Å². The SMILES string of the molecule is CCC[C@H]1C[C@H](N(C)C(C)C)CC[C@@H]1N1CC[C@H](Nc2ncnc3ccc(C(F)(F)F)cc23)C1=O. The zero-order valence-electron chi connectivity index (χ0n) is 21.0. The minimum Gasteiger partial charge on any atom is -0.358 e. The topological polar surface area (TPSA) is 61.4 Å². The smallest absolute Gasteiger partial charge is 0.358 e. The van der Waals surface area contributed by atoms with Crippen molar-refractivity contribution in [3.05, 3.63) is 30.1 Å². The average molecular weight is 492 g/mol. The Kier molecular flexibility index (Phi) is 7.54. The third kappa shape index (κ3) is 5.39. The number of hydrogen-bond acceptors (Lipinski definition) is 5. The summed E-state index contributed by atoms with van der Waals surface area (Å²) in [4.78, 5) is 26.2. The van der Waals surface area contributed by atoms with Crippen LogP contribution in [0.1, 0.15) is 64.9 Å². The maximum Gasteiger partial charge on any atom is 0.416 e. The summed E-state index contributed by atoms with van der Waals surface area (Å²) in [7, 11) is 2.19. The molecule has 4 rings (SSSR count). The highest BCUT2D eigenvalue weighted by Gasteiger charge is 2.42. The fourth-order valence-electron chi connectivity index (χ4n) is 5.78. The first kappa shape index (κ1) is 25.7. The maximum atomic E-state index is 13.5. The van der Waals surface area contributed by atoms with Crippen LogP contribution in [0.15, 0.2) is 24.5 Å². The predicted octanol–water partition coefficient (Wildman–Crippen LogP) is 5.34. The molecule has 2 aromatic rings. The van der Waals surface area contributed by atoms with E-state index in [1.54, 1.807) is 0 Å². The summed E-state index contributed by atoms with van der Waals surface area (Å²) in [6.07, 6.45) is 2.77. The summed E-state index contributed by atoms with van der Waals surface area (Å²) in [5.41, 5.74) is -0.346. The number of nitrogens with one attached hydrogen (secondary N) is 1. The Hall–Kier alpha value is -2.42. The first-order chi connectivity index (χ1) is 16.6. The lowest BCUT2D eigenvalue weighted by molar-refractivity contribution is -0.137. The molecule has 1 N–H and O–H groups in total. The van der Waals surface area contributed by atoms with Gasteiger partial charge in [0, 0.05) is 30.1 Å². The van der Waals surface area contributed by atoms with E-state index in [0.29, 0.717) is 36.5 Å². The van der Waals surface area contributed by atoms with Crippen molar-refractivity contribution < 1.29 is 18.0 Å². The Balaban J connectivity index is 1.50. The number of anilines is 1. The zero-order valence-corrected chi connectivity index (χ0v) is 21.0. The molecule has 2 aliphatic rings. The number of benzene rings is 1. The second-order valence-corrected chi connectivity index (χ2v) is 10.3. The molecule has 1 aromatic carbocycles. The van der Waals surface area contributed by atoms with E-state index < -0.39 is 17.8 Å². The number of carbonyl (C=O) groups excluding carboxylic acids is 1. The van der Waals surface area contributed by atoms with Gasteiger partial charge in [-0.15, -0.1) is 0 Å². The van der Waals surface area contributed by atoms with Gasteiger partial charge in [-0.1, -0.05) is 13.3 Å². The molecule has 2 heterocycles. The average Bonchev–Trinajstić information content (AvgIpc) is 3.17. The predicted molar refractivity (Wildman–Crippen MR) is 131 cm³/mol. The van der Waals surface area contributed by atoms with Crippen molar-refractivity contribution in [1.82, 2.24) is 19.8 Å². The molecule has 0 unspecified atom stereocenters. The minimum atomic E-state index is -4.46. The van der Waals surface area contributed by atoms with Gasteiger partial charge in [0.25, 0.3) is 0 Å². The Morgan fingerprint density at radius 2 is 1.97 bits per heavy atom. The number of amides is 1. The van der Waals surface area contributed by atoms with Crippen molar-refractivity contribution in [2.24, 2.45) is 5.92 Å². The van der Waals surface area contributed by atoms with E-state index >= 15 is 0 Å². The van der Waals surface area contributed by atoms with E-state index in [2.05, 4.69) is 48.0 Å². The van der Waals surface area contributed by atoms with E-state index in [0.717, 1.165) is 44.2 Å². The molecule has 1 aliphatic carbocycles. The molecule has 0 bridgehead atoms. The summed E-state index contributed by atoms with van der Waals surface area (Å²) < 4.78 is 39.8. The second-order valence-electron chi connectivity index (χ2n) is 10.3. The van der Waals surface area contributed by atoms with Gasteiger partial charge in [0.2, 0.25) is 5.91 Å². The molecule has 0 radical (unpaired) electrons. The molecule has 6 nitrogen and oxygen atoms in total. The van der Waals surface area contributed by atoms with E-state index in [9.17, 15) is 18.0 Å². The molecular formula is C26H36F3N5O. The van der Waals surface area contributed by atoms with Crippen LogP contribution in [-0.4, -0.2) is 63.4 Å². The van der Waals surface area contributed by atoms with Crippen molar-refractivity contribution >= 4 is 22.6 Å². The van der Waals surface area contributed by atoms with Gasteiger partial charge in [0.15, 0.2) is 0 Å². The van der Waals surface area contributed by atoms with Crippen LogP contribution < -0.4 is 5.32 Å². The first-order valence-corrected chi connectivity index (χ1v) is 12.7. The van der Waals surface area contributed by atoms with Crippen molar-refractivity contribution in [2.45, 2.75) is 89.6 Å². The van der Waals surface area contributed by atoms with Crippen molar-refractivity contribution in [2.75, 3.05) is 18.9 Å². The highest BCUT2D eigenvalue weighted by Crippen LogP contribution is 2.37. The Labute approximate surface area is 205 Å². The minimum absolute atomic E-state index is 0.0190. The molecule has 4 atom stereocenters. The summed E-state index contributed by atoms with van der Waals surface area (Å²) in [6, 6.07) is 4.15. The molecule has 1 amide bonds. The van der Waals surface area contributed by atoms with Gasteiger partial charge in [-0.2, -0.15) is 13.2 Å². The molecule has 35 heavy (non-hydrogen) atoms. The quantitative estimate of drug-likeness (QED) is 0.567. The van der Waals surface area contributed by atoms with Crippen molar-refractivity contribution in [3.8, 4) is 0 Å². The summed E-state index contributed by atoms with van der Waals surface area (Å²) in [6.45, 7) is 7.28. The van der Waals surface area contributed by atoms with Gasteiger partial charge in [0.1, 0.15) is 18.2 Å². The Bertz CT molecular complexity index is 1040. The van der Waals surface area contributed by atoms with Crippen molar-refractivity contribution in [1.29, 1.82) is 0 Å². The van der Waals surface area contributed by atoms with Gasteiger partial charge in [0.05, 0.1) is 11.1 Å². The van der Waals surface area contributed by atoms with Crippen molar-refractivity contribution in [3.63, 3.8) is 0 Å². The lowest BCUT2D eigenvalue weighted by atomic mass is 9.77. The lowest BCUT2D eigenvalue weighted by Crippen LogP contribution is -2.51. The lowest BCUT2D eigenvalue weighted by Gasteiger charge is -2.44. The fourth-order valence-corrected chi connectivity index (χ4v) is 5.78. The van der Waals surface area contributed by atoms with Crippen LogP contribution in [0.4, 0.5) is 19.0 Å². The zero-order chi connectivity index (χ0) is 25.3. The molecule has 1 saturated carbocycles. The van der Waals surface area contributed by atoms with E-state index in [4.69, 9.17) is 0 Å². The molecule has 9 heteroatoms. The second kappa shape index (κ2) is 10.3. The largest absolute Gasteiger partial charge is 0.416 e. The van der Waals surface area contributed by atoms with E-state index in [-0.39, 0.29) is 23.2 Å². The number of fused-ring (bicyclic) bond motifs is 1. The highest BCUT2D eigenvalue weighted by molar-refractivity contribution is 5.93. The molecule has 1 saturated heterocycles. The van der Waals surface area contributed by atoms with Crippen LogP contribution in [0.2, 0.25) is 0 Å². The van der Waals surface area contributed by atoms with Crippen LogP contribution in [0.3, 0.4) is 0 Å². The van der Waals surface area contributed by atoms with Crippen LogP contribution in [-0.2, 0) is 11.0 Å². The number of halogens is 3. The maximum absolute atomic E-state index is 13.5. The van der Waals surface area contributed by atoms with Gasteiger partial charge in [-0.3, -0.25) is 4.79 Å². The molecule has 0 spiro atoms. The van der Waals surface area contributed by atoms with Crippen LogP contribution >= 0.6 is 0 Å². The summed E-state index contributed by atoms with van der Waals surface area (Å²) in [5.74, 6) is 0.746. The Morgan fingerprint density at radius 3 is 2.66 bits per heavy atom. The van der Waals surface area contributed by atoms with Gasteiger partial charge >= 0.3 is 6.18 Å². The van der Waals surface area contributed by atoms with E-state index in [1.807, 2.05) is 4.90 Å². The van der Waals surface area contributed by atoms with Gasteiger partial charge < -0.3 is 15.1 Å². The molecule has 1 aliphatic heterocycles. The molecular weight excluding hydrogens is 455 g/mol. The van der Waals surface area contributed by atoms with Crippen LogP contribution in [0.5, 0.6) is 0 Å². The number of hydrogen-bond donors (Lipinski definition) is 1. The number of nitrogens with zero attached hydrogens (tertiary/aromatic N) is 4.